The first kappa shape index (κ1) is 18.1. The minimum Gasteiger partial charge on any atom is -0.395 e. The molecule has 0 radical (unpaired) electrons. The summed E-state index contributed by atoms with van der Waals surface area (Å²) < 4.78 is 0. The molecule has 0 fully saturated rings. The van der Waals surface area contributed by atoms with Gasteiger partial charge in [0.05, 0.1) is 13.2 Å². The van der Waals surface area contributed by atoms with E-state index in [1.807, 2.05) is 20.8 Å². The molecule has 122 valence electrons. The van der Waals surface area contributed by atoms with Gasteiger partial charge in [-0.25, -0.2) is 0 Å². The monoisotopic (exact) mass is 308 g/mol. The fourth-order valence-electron chi connectivity index (χ4n) is 1.87. The Morgan fingerprint density at radius 2 is 1.32 bits per heavy atom. The highest BCUT2D eigenvalue weighted by Crippen LogP contribution is 2.24. The maximum absolute atomic E-state index is 12.1. The van der Waals surface area contributed by atoms with Crippen molar-refractivity contribution in [2.45, 2.75) is 26.2 Å². The van der Waals surface area contributed by atoms with Crippen molar-refractivity contribution >= 4 is 11.8 Å². The quantitative estimate of drug-likeness (QED) is 0.612. The molecular weight excluding hydrogens is 284 g/mol. The molecule has 0 bridgehead atoms. The Labute approximate surface area is 130 Å². The number of benzene rings is 1. The van der Waals surface area contributed by atoms with E-state index < -0.39 is 0 Å². The SMILES string of the molecule is CC(C)(C)c1cc(C(=O)NCCO)cc(C(=O)NCCO)c1. The summed E-state index contributed by atoms with van der Waals surface area (Å²) in [4.78, 5) is 24.2. The normalized spacial score (nSPS) is 11.1. The van der Waals surface area contributed by atoms with Gasteiger partial charge in [0.2, 0.25) is 0 Å². The smallest absolute Gasteiger partial charge is 0.251 e. The van der Waals surface area contributed by atoms with Gasteiger partial charge in [0.15, 0.2) is 0 Å². The summed E-state index contributed by atoms with van der Waals surface area (Å²) in [6.07, 6.45) is 0. The standard InChI is InChI=1S/C16H24N2O4/c1-16(2,3)13-9-11(14(21)17-4-6-19)8-12(10-13)15(22)18-5-7-20/h8-10,19-20H,4-7H2,1-3H3,(H,17,21)(H,18,22). The molecule has 0 atom stereocenters. The number of aliphatic hydroxyl groups excluding tert-OH is 2. The number of carbonyl (C=O) groups is 2. The maximum atomic E-state index is 12.1. The topological polar surface area (TPSA) is 98.7 Å². The predicted octanol–water partition coefficient (Wildman–Crippen LogP) is 0.428. The Hall–Kier alpha value is -1.92. The van der Waals surface area contributed by atoms with E-state index in [1.54, 1.807) is 12.1 Å². The van der Waals surface area contributed by atoms with Crippen molar-refractivity contribution in [3.63, 3.8) is 0 Å². The van der Waals surface area contributed by atoms with Crippen molar-refractivity contribution in [1.82, 2.24) is 10.6 Å². The summed E-state index contributed by atoms with van der Waals surface area (Å²) in [5.41, 5.74) is 1.38. The summed E-state index contributed by atoms with van der Waals surface area (Å²) in [6, 6.07) is 5.00. The molecule has 0 heterocycles. The first-order valence-electron chi connectivity index (χ1n) is 7.23. The second-order valence-corrected chi connectivity index (χ2v) is 6.01. The van der Waals surface area contributed by atoms with Crippen molar-refractivity contribution in [2.24, 2.45) is 0 Å². The highest BCUT2D eigenvalue weighted by atomic mass is 16.3. The lowest BCUT2D eigenvalue weighted by molar-refractivity contribution is 0.0944. The lowest BCUT2D eigenvalue weighted by atomic mass is 9.85. The minimum atomic E-state index is -0.337. The second kappa shape index (κ2) is 7.91. The first-order chi connectivity index (χ1) is 10.3. The van der Waals surface area contributed by atoms with Crippen LogP contribution < -0.4 is 10.6 Å². The Morgan fingerprint density at radius 1 is 0.909 bits per heavy atom. The second-order valence-electron chi connectivity index (χ2n) is 6.01. The number of amides is 2. The van der Waals surface area contributed by atoms with E-state index in [9.17, 15) is 9.59 Å². The number of rotatable bonds is 6. The summed E-state index contributed by atoms with van der Waals surface area (Å²) >= 11 is 0. The Kier molecular flexibility index (Phi) is 6.52. The van der Waals surface area contributed by atoms with E-state index in [1.165, 1.54) is 6.07 Å². The van der Waals surface area contributed by atoms with Gasteiger partial charge >= 0.3 is 0 Å². The van der Waals surface area contributed by atoms with E-state index in [4.69, 9.17) is 10.2 Å². The van der Waals surface area contributed by atoms with Crippen LogP contribution in [0.1, 0.15) is 47.1 Å². The van der Waals surface area contributed by atoms with Gasteiger partial charge in [-0.05, 0) is 29.2 Å². The lowest BCUT2D eigenvalue weighted by Crippen LogP contribution is -2.29. The van der Waals surface area contributed by atoms with Gasteiger partial charge in [-0.15, -0.1) is 0 Å². The zero-order valence-electron chi connectivity index (χ0n) is 13.3. The molecule has 6 nitrogen and oxygen atoms in total. The highest BCUT2D eigenvalue weighted by molar-refractivity contribution is 6.00. The lowest BCUT2D eigenvalue weighted by Gasteiger charge is -2.21. The van der Waals surface area contributed by atoms with Crippen molar-refractivity contribution in [3.05, 3.63) is 34.9 Å². The molecular formula is C16H24N2O4. The minimum absolute atomic E-state index is 0.144. The average molecular weight is 308 g/mol. The van der Waals surface area contributed by atoms with Gasteiger partial charge in [0, 0.05) is 24.2 Å². The molecule has 0 saturated heterocycles. The summed E-state index contributed by atoms with van der Waals surface area (Å²) in [7, 11) is 0. The molecule has 0 unspecified atom stereocenters. The average Bonchev–Trinajstić information content (AvgIpc) is 2.48. The largest absolute Gasteiger partial charge is 0.395 e. The van der Waals surface area contributed by atoms with Gasteiger partial charge < -0.3 is 20.8 Å². The van der Waals surface area contributed by atoms with Crippen LogP contribution in [-0.2, 0) is 5.41 Å². The number of nitrogens with one attached hydrogen (secondary N) is 2. The number of hydrogen-bond donors (Lipinski definition) is 4. The molecule has 1 aromatic carbocycles. The summed E-state index contributed by atoms with van der Waals surface area (Å²) in [6.45, 7) is 6.01. The molecule has 22 heavy (non-hydrogen) atoms. The van der Waals surface area contributed by atoms with Crippen molar-refractivity contribution < 1.29 is 19.8 Å². The van der Waals surface area contributed by atoms with E-state index in [0.717, 1.165) is 5.56 Å². The third-order valence-electron chi connectivity index (χ3n) is 3.12. The summed E-state index contributed by atoms with van der Waals surface area (Å²) in [5.74, 6) is -0.673. The van der Waals surface area contributed by atoms with E-state index >= 15 is 0 Å². The van der Waals surface area contributed by atoms with E-state index in [0.29, 0.717) is 11.1 Å². The van der Waals surface area contributed by atoms with Gasteiger partial charge in [0.25, 0.3) is 11.8 Å². The van der Waals surface area contributed by atoms with Crippen molar-refractivity contribution in [2.75, 3.05) is 26.3 Å². The van der Waals surface area contributed by atoms with Gasteiger partial charge in [-0.2, -0.15) is 0 Å². The third kappa shape index (κ3) is 5.13. The maximum Gasteiger partial charge on any atom is 0.251 e. The van der Waals surface area contributed by atoms with Crippen LogP contribution in [0.4, 0.5) is 0 Å². The Balaban J connectivity index is 3.16. The van der Waals surface area contributed by atoms with Crippen LogP contribution in [-0.4, -0.2) is 48.3 Å². The molecule has 6 heteroatoms. The molecule has 1 aromatic rings. The fourth-order valence-corrected chi connectivity index (χ4v) is 1.87. The van der Waals surface area contributed by atoms with Gasteiger partial charge in [-0.1, -0.05) is 20.8 Å². The molecule has 0 spiro atoms. The predicted molar refractivity (Wildman–Crippen MR) is 84.0 cm³/mol. The Morgan fingerprint density at radius 3 is 1.64 bits per heavy atom. The van der Waals surface area contributed by atoms with E-state index in [2.05, 4.69) is 10.6 Å². The first-order valence-corrected chi connectivity index (χ1v) is 7.23. The Bertz CT molecular complexity index is 497. The molecule has 2 amide bonds. The van der Waals surface area contributed by atoms with Crippen LogP contribution in [0.5, 0.6) is 0 Å². The molecule has 0 aromatic heterocycles. The molecule has 1 rings (SSSR count). The number of carbonyl (C=O) groups excluding carboxylic acids is 2. The van der Waals surface area contributed by atoms with Crippen LogP contribution in [0.2, 0.25) is 0 Å². The van der Waals surface area contributed by atoms with Crippen molar-refractivity contribution in [3.8, 4) is 0 Å². The molecule has 0 aliphatic rings. The van der Waals surface area contributed by atoms with Gasteiger partial charge in [-0.3, -0.25) is 9.59 Å². The van der Waals surface area contributed by atoms with Crippen LogP contribution in [0.25, 0.3) is 0 Å². The molecule has 0 aliphatic heterocycles. The highest BCUT2D eigenvalue weighted by Gasteiger charge is 2.19. The molecule has 0 aliphatic carbocycles. The number of aliphatic hydroxyl groups is 2. The molecule has 4 N–H and O–H groups in total. The fraction of sp³-hybridized carbons (Fsp3) is 0.500. The van der Waals surface area contributed by atoms with Crippen LogP contribution in [0.3, 0.4) is 0 Å². The van der Waals surface area contributed by atoms with Crippen molar-refractivity contribution in [1.29, 1.82) is 0 Å². The summed E-state index contributed by atoms with van der Waals surface area (Å²) in [5, 5.41) is 22.7. The van der Waals surface area contributed by atoms with Crippen LogP contribution >= 0.6 is 0 Å². The molecule has 0 saturated carbocycles. The zero-order chi connectivity index (χ0) is 16.8. The van der Waals surface area contributed by atoms with Crippen LogP contribution in [0, 0.1) is 0 Å². The van der Waals surface area contributed by atoms with E-state index in [-0.39, 0.29) is 43.5 Å². The third-order valence-corrected chi connectivity index (χ3v) is 3.12. The zero-order valence-corrected chi connectivity index (χ0v) is 13.3. The van der Waals surface area contributed by atoms with Gasteiger partial charge in [0.1, 0.15) is 0 Å². The van der Waals surface area contributed by atoms with Crippen LogP contribution in [0.15, 0.2) is 18.2 Å². The number of hydrogen-bond acceptors (Lipinski definition) is 4.